The normalized spacial score (nSPS) is 21.0. The largest absolute Gasteiger partial charge is 0.411 e. The number of oxime groups is 1. The lowest BCUT2D eigenvalue weighted by Gasteiger charge is -2.22. The van der Waals surface area contributed by atoms with Gasteiger partial charge in [0, 0.05) is 5.25 Å². The predicted molar refractivity (Wildman–Crippen MR) is 95.8 cm³/mol. The van der Waals surface area contributed by atoms with Crippen molar-refractivity contribution in [1.29, 1.82) is 0 Å². The Morgan fingerprint density at radius 1 is 0.952 bits per heavy atom. The van der Waals surface area contributed by atoms with Gasteiger partial charge < -0.3 is 5.21 Å². The first-order valence-electron chi connectivity index (χ1n) is 9.21. The molecule has 0 heterocycles. The molecule has 1 aliphatic carbocycles. The average molecular weight is 314 g/mol. The van der Waals surface area contributed by atoms with Crippen LogP contribution in [0.4, 0.5) is 0 Å². The molecular weight excluding hydrogens is 278 g/mol. The maximum atomic E-state index is 9.01. The summed E-state index contributed by atoms with van der Waals surface area (Å²) in [6.07, 6.45) is 18.8. The van der Waals surface area contributed by atoms with Crippen LogP contribution < -0.4 is 0 Å². The van der Waals surface area contributed by atoms with Gasteiger partial charge in [0.2, 0.25) is 0 Å². The summed E-state index contributed by atoms with van der Waals surface area (Å²) in [5.74, 6) is 1.24. The van der Waals surface area contributed by atoms with Crippen LogP contribution in [0.3, 0.4) is 0 Å². The Morgan fingerprint density at radius 2 is 1.57 bits per heavy atom. The molecule has 2 nitrogen and oxygen atoms in total. The van der Waals surface area contributed by atoms with Gasteiger partial charge in [-0.25, -0.2) is 0 Å². The second-order valence-corrected chi connectivity index (χ2v) is 7.69. The minimum atomic E-state index is 0.502. The lowest BCUT2D eigenvalue weighted by Crippen LogP contribution is -2.22. The molecule has 1 unspecified atom stereocenters. The molecule has 0 saturated heterocycles. The molecule has 1 atom stereocenters. The van der Waals surface area contributed by atoms with Crippen LogP contribution in [0.15, 0.2) is 5.16 Å². The van der Waals surface area contributed by atoms with Crippen molar-refractivity contribution < 1.29 is 5.21 Å². The zero-order valence-corrected chi connectivity index (χ0v) is 14.8. The molecule has 21 heavy (non-hydrogen) atoms. The van der Waals surface area contributed by atoms with E-state index in [9.17, 15) is 0 Å². The molecule has 1 fully saturated rings. The van der Waals surface area contributed by atoms with Gasteiger partial charge in [0.05, 0.1) is 5.71 Å². The van der Waals surface area contributed by atoms with E-state index in [-0.39, 0.29) is 0 Å². The number of hydrogen-bond acceptors (Lipinski definition) is 3. The highest BCUT2D eigenvalue weighted by Gasteiger charge is 2.20. The monoisotopic (exact) mass is 313 g/mol. The van der Waals surface area contributed by atoms with Crippen LogP contribution in [-0.4, -0.2) is 21.9 Å². The zero-order chi connectivity index (χ0) is 15.2. The molecule has 1 rings (SSSR count). The highest BCUT2D eigenvalue weighted by molar-refractivity contribution is 8.00. The molecule has 1 aliphatic rings. The molecule has 0 amide bonds. The Morgan fingerprint density at radius 3 is 2.19 bits per heavy atom. The van der Waals surface area contributed by atoms with Crippen LogP contribution in [0.25, 0.3) is 0 Å². The fourth-order valence-electron chi connectivity index (χ4n) is 3.07. The molecule has 0 aromatic heterocycles. The third-order valence-electron chi connectivity index (χ3n) is 4.47. The van der Waals surface area contributed by atoms with Crippen molar-refractivity contribution in [2.24, 2.45) is 5.16 Å². The van der Waals surface area contributed by atoms with Gasteiger partial charge in [-0.1, -0.05) is 76.3 Å². The molecule has 0 radical (unpaired) electrons. The predicted octanol–water partition coefficient (Wildman–Crippen LogP) is 6.41. The molecule has 3 heteroatoms. The van der Waals surface area contributed by atoms with Gasteiger partial charge in [-0.3, -0.25) is 0 Å². The average Bonchev–Trinajstić information content (AvgIpc) is 2.53. The van der Waals surface area contributed by atoms with E-state index in [1.807, 2.05) is 11.8 Å². The lowest BCUT2D eigenvalue weighted by atomic mass is 9.98. The summed E-state index contributed by atoms with van der Waals surface area (Å²) in [5, 5.41) is 13.0. The van der Waals surface area contributed by atoms with E-state index in [1.165, 1.54) is 89.2 Å². The van der Waals surface area contributed by atoms with Crippen LogP contribution in [0.2, 0.25) is 0 Å². The second-order valence-electron chi connectivity index (χ2n) is 6.38. The number of hydrogen-bond donors (Lipinski definition) is 1. The summed E-state index contributed by atoms with van der Waals surface area (Å²) in [4.78, 5) is 0. The third kappa shape index (κ3) is 9.44. The van der Waals surface area contributed by atoms with Crippen molar-refractivity contribution >= 4 is 17.5 Å². The van der Waals surface area contributed by atoms with Crippen LogP contribution in [0.5, 0.6) is 0 Å². The van der Waals surface area contributed by atoms with Gasteiger partial charge in [-0.2, -0.15) is 11.8 Å². The van der Waals surface area contributed by atoms with E-state index in [1.54, 1.807) is 0 Å². The summed E-state index contributed by atoms with van der Waals surface area (Å²) in [7, 11) is 0. The topological polar surface area (TPSA) is 32.6 Å². The molecule has 0 bridgehead atoms. The van der Waals surface area contributed by atoms with Crippen molar-refractivity contribution in [1.82, 2.24) is 0 Å². The van der Waals surface area contributed by atoms with Gasteiger partial charge in [-0.05, 0) is 31.4 Å². The van der Waals surface area contributed by atoms with Crippen molar-refractivity contribution in [2.45, 2.75) is 102 Å². The van der Waals surface area contributed by atoms with Gasteiger partial charge in [0.1, 0.15) is 0 Å². The zero-order valence-electron chi connectivity index (χ0n) is 14.0. The summed E-state index contributed by atoms with van der Waals surface area (Å²) >= 11 is 2.02. The van der Waals surface area contributed by atoms with Crippen molar-refractivity contribution in [2.75, 3.05) is 5.75 Å². The van der Waals surface area contributed by atoms with Crippen molar-refractivity contribution in [3.8, 4) is 0 Å². The Bertz CT molecular complexity index is 268. The molecule has 0 spiro atoms. The minimum Gasteiger partial charge on any atom is -0.411 e. The van der Waals surface area contributed by atoms with Crippen LogP contribution in [0.1, 0.15) is 96.8 Å². The fourth-order valence-corrected chi connectivity index (χ4v) is 4.42. The number of thioether (sulfide) groups is 1. The van der Waals surface area contributed by atoms with Gasteiger partial charge in [0.15, 0.2) is 0 Å². The highest BCUT2D eigenvalue weighted by atomic mass is 32.2. The van der Waals surface area contributed by atoms with Crippen molar-refractivity contribution in [3.63, 3.8) is 0 Å². The van der Waals surface area contributed by atoms with Gasteiger partial charge in [0.25, 0.3) is 0 Å². The van der Waals surface area contributed by atoms with Gasteiger partial charge in [-0.15, -0.1) is 0 Å². The van der Waals surface area contributed by atoms with Gasteiger partial charge >= 0.3 is 0 Å². The second kappa shape index (κ2) is 13.5. The Kier molecular flexibility index (Phi) is 12.1. The maximum absolute atomic E-state index is 9.01. The smallest absolute Gasteiger partial charge is 0.0700 e. The van der Waals surface area contributed by atoms with Crippen LogP contribution >= 0.6 is 11.8 Å². The SMILES string of the molecule is CCCCCCCCCCCCSC1CCCCC1=NO. The Hall–Kier alpha value is -0.180. The number of unbranched alkanes of at least 4 members (excludes halogenated alkanes) is 9. The van der Waals surface area contributed by atoms with Crippen LogP contribution in [0, 0.1) is 0 Å². The Labute approximate surface area is 136 Å². The molecular formula is C18H35NOS. The maximum Gasteiger partial charge on any atom is 0.0700 e. The molecule has 1 saturated carbocycles. The first-order valence-corrected chi connectivity index (χ1v) is 10.3. The quantitative estimate of drug-likeness (QED) is 0.256. The van der Waals surface area contributed by atoms with E-state index in [0.717, 1.165) is 12.1 Å². The number of nitrogens with zero attached hydrogens (tertiary/aromatic N) is 1. The molecule has 1 N–H and O–H groups in total. The van der Waals surface area contributed by atoms with E-state index >= 15 is 0 Å². The first-order chi connectivity index (χ1) is 10.4. The standard InChI is InChI=1S/C18H35NOS/c1-2-3-4-5-6-7-8-9-10-13-16-21-18-15-12-11-14-17(18)19-20/h18,20H,2-16H2,1H3. The lowest BCUT2D eigenvalue weighted by molar-refractivity contribution is 0.314. The molecule has 0 aliphatic heterocycles. The van der Waals surface area contributed by atoms with E-state index < -0.39 is 0 Å². The van der Waals surface area contributed by atoms with E-state index in [2.05, 4.69) is 12.1 Å². The summed E-state index contributed by atoms with van der Waals surface area (Å²) in [5.41, 5.74) is 1.04. The van der Waals surface area contributed by atoms with Crippen LogP contribution in [-0.2, 0) is 0 Å². The summed E-state index contributed by atoms with van der Waals surface area (Å²) in [6, 6.07) is 0. The molecule has 0 aromatic carbocycles. The summed E-state index contributed by atoms with van der Waals surface area (Å²) in [6.45, 7) is 2.28. The Balaban J connectivity index is 1.86. The molecule has 124 valence electrons. The minimum absolute atomic E-state index is 0.502. The molecule has 0 aromatic rings. The van der Waals surface area contributed by atoms with E-state index in [0.29, 0.717) is 5.25 Å². The third-order valence-corrected chi connectivity index (χ3v) is 5.90. The summed E-state index contributed by atoms with van der Waals surface area (Å²) < 4.78 is 0. The van der Waals surface area contributed by atoms with E-state index in [4.69, 9.17) is 5.21 Å². The number of rotatable bonds is 12. The first kappa shape index (κ1) is 18.9. The van der Waals surface area contributed by atoms with Crippen molar-refractivity contribution in [3.05, 3.63) is 0 Å². The fraction of sp³-hybridized carbons (Fsp3) is 0.944. The highest BCUT2D eigenvalue weighted by Crippen LogP contribution is 2.27.